The van der Waals surface area contributed by atoms with Gasteiger partial charge >= 0.3 is 0 Å². The number of carbonyl (C=O) groups is 2. The third kappa shape index (κ3) is 2.23. The SMILES string of the molecule is O=C(NC1CCN(C(=O)c2c[nH]cn2)C1)C1CC1. The van der Waals surface area contributed by atoms with Crippen LogP contribution in [-0.4, -0.2) is 45.8 Å². The number of carbonyl (C=O) groups excluding carboxylic acids is 2. The highest BCUT2D eigenvalue weighted by atomic mass is 16.2. The van der Waals surface area contributed by atoms with E-state index in [4.69, 9.17) is 0 Å². The predicted molar refractivity (Wildman–Crippen MR) is 63.8 cm³/mol. The maximum absolute atomic E-state index is 12.0. The maximum atomic E-state index is 12.0. The van der Waals surface area contributed by atoms with Gasteiger partial charge in [-0.15, -0.1) is 0 Å². The molecule has 1 atom stereocenters. The first-order chi connectivity index (χ1) is 8.74. The van der Waals surface area contributed by atoms with E-state index in [1.54, 1.807) is 11.1 Å². The maximum Gasteiger partial charge on any atom is 0.274 e. The number of H-pyrrole nitrogens is 1. The van der Waals surface area contributed by atoms with Gasteiger partial charge in [-0.1, -0.05) is 0 Å². The summed E-state index contributed by atoms with van der Waals surface area (Å²) in [5.74, 6) is 0.301. The fourth-order valence-corrected chi connectivity index (χ4v) is 2.27. The van der Waals surface area contributed by atoms with Gasteiger partial charge in [-0.3, -0.25) is 9.59 Å². The van der Waals surface area contributed by atoms with E-state index in [0.29, 0.717) is 18.8 Å². The lowest BCUT2D eigenvalue weighted by Gasteiger charge is -2.15. The van der Waals surface area contributed by atoms with Crippen LogP contribution in [0.25, 0.3) is 0 Å². The molecular weight excluding hydrogens is 232 g/mol. The Morgan fingerprint density at radius 3 is 2.89 bits per heavy atom. The minimum absolute atomic E-state index is 0.0700. The van der Waals surface area contributed by atoms with Gasteiger partial charge in [0.25, 0.3) is 5.91 Å². The van der Waals surface area contributed by atoms with Crippen LogP contribution in [0.3, 0.4) is 0 Å². The largest absolute Gasteiger partial charge is 0.351 e. The highest BCUT2D eigenvalue weighted by Crippen LogP contribution is 2.29. The van der Waals surface area contributed by atoms with E-state index >= 15 is 0 Å². The zero-order valence-corrected chi connectivity index (χ0v) is 10.1. The van der Waals surface area contributed by atoms with Crippen molar-refractivity contribution < 1.29 is 9.59 Å². The van der Waals surface area contributed by atoms with E-state index < -0.39 is 0 Å². The molecule has 2 heterocycles. The van der Waals surface area contributed by atoms with E-state index in [1.807, 2.05) is 0 Å². The molecule has 0 aromatic carbocycles. The molecule has 0 radical (unpaired) electrons. The molecule has 96 valence electrons. The molecule has 18 heavy (non-hydrogen) atoms. The van der Waals surface area contributed by atoms with Crippen LogP contribution in [-0.2, 0) is 4.79 Å². The summed E-state index contributed by atoms with van der Waals surface area (Å²) in [7, 11) is 0. The second-order valence-corrected chi connectivity index (χ2v) is 4.97. The number of nitrogens with one attached hydrogen (secondary N) is 2. The van der Waals surface area contributed by atoms with Crippen LogP contribution in [0.1, 0.15) is 29.8 Å². The molecule has 3 rings (SSSR count). The second-order valence-electron chi connectivity index (χ2n) is 4.97. The van der Waals surface area contributed by atoms with Crippen molar-refractivity contribution in [2.24, 2.45) is 5.92 Å². The summed E-state index contributed by atoms with van der Waals surface area (Å²) >= 11 is 0. The molecule has 1 saturated carbocycles. The predicted octanol–water partition coefficient (Wildman–Crippen LogP) is 0.150. The number of hydrogen-bond donors (Lipinski definition) is 2. The summed E-state index contributed by atoms with van der Waals surface area (Å²) in [4.78, 5) is 32.1. The lowest BCUT2D eigenvalue weighted by molar-refractivity contribution is -0.122. The molecular formula is C12H16N4O2. The van der Waals surface area contributed by atoms with Gasteiger partial charge in [0.1, 0.15) is 5.69 Å². The van der Waals surface area contributed by atoms with Gasteiger partial charge in [-0.05, 0) is 19.3 Å². The van der Waals surface area contributed by atoms with Crippen molar-refractivity contribution in [2.45, 2.75) is 25.3 Å². The smallest absolute Gasteiger partial charge is 0.274 e. The van der Waals surface area contributed by atoms with E-state index in [2.05, 4.69) is 15.3 Å². The minimum atomic E-state index is -0.0700. The van der Waals surface area contributed by atoms with Crippen molar-refractivity contribution in [1.29, 1.82) is 0 Å². The fourth-order valence-electron chi connectivity index (χ4n) is 2.27. The number of likely N-dealkylation sites (tertiary alicyclic amines) is 1. The molecule has 1 unspecified atom stereocenters. The van der Waals surface area contributed by atoms with Crippen LogP contribution in [0.4, 0.5) is 0 Å². The number of aromatic amines is 1. The average molecular weight is 248 g/mol. The molecule has 0 bridgehead atoms. The Hall–Kier alpha value is -1.85. The zero-order valence-electron chi connectivity index (χ0n) is 10.1. The first-order valence-electron chi connectivity index (χ1n) is 6.32. The van der Waals surface area contributed by atoms with Crippen molar-refractivity contribution in [1.82, 2.24) is 20.2 Å². The number of amides is 2. The van der Waals surface area contributed by atoms with E-state index in [1.165, 1.54) is 6.33 Å². The summed E-state index contributed by atoms with van der Waals surface area (Å²) in [5, 5.41) is 3.01. The molecule has 2 fully saturated rings. The molecule has 1 aliphatic heterocycles. The first kappa shape index (κ1) is 11.3. The van der Waals surface area contributed by atoms with Gasteiger partial charge in [-0.2, -0.15) is 0 Å². The highest BCUT2D eigenvalue weighted by molar-refractivity contribution is 5.92. The second kappa shape index (κ2) is 4.44. The third-order valence-electron chi connectivity index (χ3n) is 3.49. The first-order valence-corrected chi connectivity index (χ1v) is 6.32. The normalized spacial score (nSPS) is 23.1. The Kier molecular flexibility index (Phi) is 2.77. The Morgan fingerprint density at radius 2 is 2.22 bits per heavy atom. The van der Waals surface area contributed by atoms with E-state index in [-0.39, 0.29) is 23.8 Å². The monoisotopic (exact) mass is 248 g/mol. The molecule has 2 amide bonds. The highest BCUT2D eigenvalue weighted by Gasteiger charge is 2.34. The van der Waals surface area contributed by atoms with Gasteiger partial charge in [-0.25, -0.2) is 4.98 Å². The van der Waals surface area contributed by atoms with Crippen molar-refractivity contribution in [3.05, 3.63) is 18.2 Å². The van der Waals surface area contributed by atoms with Crippen LogP contribution in [0.5, 0.6) is 0 Å². The van der Waals surface area contributed by atoms with Gasteiger partial charge < -0.3 is 15.2 Å². The van der Waals surface area contributed by atoms with Crippen molar-refractivity contribution in [2.75, 3.05) is 13.1 Å². The molecule has 1 aromatic heterocycles. The summed E-state index contributed by atoms with van der Waals surface area (Å²) in [6.07, 6.45) is 5.94. The molecule has 0 spiro atoms. The van der Waals surface area contributed by atoms with Gasteiger partial charge in [0.2, 0.25) is 5.91 Å². The minimum Gasteiger partial charge on any atom is -0.351 e. The topological polar surface area (TPSA) is 78.1 Å². The average Bonchev–Trinajstić information content (AvgIpc) is 2.90. The number of imidazole rings is 1. The molecule has 6 heteroatoms. The third-order valence-corrected chi connectivity index (χ3v) is 3.49. The number of nitrogens with zero attached hydrogens (tertiary/aromatic N) is 2. The number of aromatic nitrogens is 2. The van der Waals surface area contributed by atoms with Crippen LogP contribution < -0.4 is 5.32 Å². The Labute approximate surface area is 105 Å². The summed E-state index contributed by atoms with van der Waals surface area (Å²) in [6, 6.07) is 0.0981. The quantitative estimate of drug-likeness (QED) is 0.799. The van der Waals surface area contributed by atoms with Gasteiger partial charge in [0, 0.05) is 31.2 Å². The van der Waals surface area contributed by atoms with Crippen LogP contribution in [0.15, 0.2) is 12.5 Å². The van der Waals surface area contributed by atoms with E-state index in [0.717, 1.165) is 19.3 Å². The fraction of sp³-hybridized carbons (Fsp3) is 0.583. The number of hydrogen-bond acceptors (Lipinski definition) is 3. The summed E-state index contributed by atoms with van der Waals surface area (Å²) in [5.41, 5.74) is 0.434. The van der Waals surface area contributed by atoms with Gasteiger partial charge in [0.15, 0.2) is 0 Å². The lowest BCUT2D eigenvalue weighted by atomic mass is 10.2. The van der Waals surface area contributed by atoms with E-state index in [9.17, 15) is 9.59 Å². The summed E-state index contributed by atoms with van der Waals surface area (Å²) in [6.45, 7) is 1.27. The number of rotatable bonds is 3. The lowest BCUT2D eigenvalue weighted by Crippen LogP contribution is -2.39. The molecule has 1 aromatic rings. The molecule has 1 aliphatic carbocycles. The van der Waals surface area contributed by atoms with Crippen molar-refractivity contribution in [3.63, 3.8) is 0 Å². The van der Waals surface area contributed by atoms with Crippen molar-refractivity contribution >= 4 is 11.8 Å². The van der Waals surface area contributed by atoms with Crippen LogP contribution >= 0.6 is 0 Å². The molecule has 2 aliphatic rings. The summed E-state index contributed by atoms with van der Waals surface area (Å²) < 4.78 is 0. The van der Waals surface area contributed by atoms with Crippen molar-refractivity contribution in [3.8, 4) is 0 Å². The molecule has 1 saturated heterocycles. The zero-order chi connectivity index (χ0) is 12.5. The Morgan fingerprint density at radius 1 is 1.39 bits per heavy atom. The standard InChI is InChI=1S/C12H16N4O2/c17-11(8-1-2-8)15-9-3-4-16(6-9)12(18)10-5-13-7-14-10/h5,7-9H,1-4,6H2,(H,13,14)(H,15,17). The van der Waals surface area contributed by atoms with Crippen LogP contribution in [0, 0.1) is 5.92 Å². The van der Waals surface area contributed by atoms with Gasteiger partial charge in [0.05, 0.1) is 6.33 Å². The Bertz CT molecular complexity index is 453. The molecule has 6 nitrogen and oxygen atoms in total. The Balaban J connectivity index is 1.54. The molecule has 2 N–H and O–H groups in total. The van der Waals surface area contributed by atoms with Crippen LogP contribution in [0.2, 0.25) is 0 Å².